The van der Waals surface area contributed by atoms with Gasteiger partial charge in [-0.3, -0.25) is 4.79 Å². The third-order valence-electron chi connectivity index (χ3n) is 6.01. The van der Waals surface area contributed by atoms with Gasteiger partial charge in [0, 0.05) is 36.5 Å². The normalized spacial score (nSPS) is 16.1. The van der Waals surface area contributed by atoms with E-state index in [1.165, 1.54) is 6.26 Å². The summed E-state index contributed by atoms with van der Waals surface area (Å²) in [6.45, 7) is 1.16. The maximum Gasteiger partial charge on any atom is 0.276 e. The number of amides is 1. The zero-order valence-electron chi connectivity index (χ0n) is 17.8. The highest BCUT2D eigenvalue weighted by Crippen LogP contribution is 2.28. The second-order valence-corrected chi connectivity index (χ2v) is 8.05. The number of imidazole rings is 1. The summed E-state index contributed by atoms with van der Waals surface area (Å²) in [6.07, 6.45) is 5.78. The largest absolute Gasteiger partial charge is 0.477 e. The topological polar surface area (TPSA) is 98.9 Å². The van der Waals surface area contributed by atoms with E-state index < -0.39 is 0 Å². The highest BCUT2D eigenvalue weighted by atomic mass is 16.5. The van der Waals surface area contributed by atoms with Gasteiger partial charge in [0.2, 0.25) is 5.88 Å². The molecule has 4 aromatic heterocycles. The second kappa shape index (κ2) is 8.09. The highest BCUT2D eigenvalue weighted by molar-refractivity contribution is 5.92. The number of hydrogen-bond donors (Lipinski definition) is 0. The highest BCUT2D eigenvalue weighted by Gasteiger charge is 2.30. The molecule has 6 rings (SSSR count). The Bertz CT molecular complexity index is 1390. The summed E-state index contributed by atoms with van der Waals surface area (Å²) >= 11 is 0. The minimum absolute atomic E-state index is 0.0975. The minimum atomic E-state index is -0.0975. The Balaban J connectivity index is 1.16. The van der Waals surface area contributed by atoms with Crippen molar-refractivity contribution >= 4 is 22.5 Å². The zero-order valence-corrected chi connectivity index (χ0v) is 17.8. The number of likely N-dealkylation sites (tertiary alicyclic amines) is 1. The van der Waals surface area contributed by atoms with Crippen LogP contribution in [0.25, 0.3) is 28.1 Å². The first kappa shape index (κ1) is 19.5. The monoisotopic (exact) mass is 443 g/mol. The molecule has 9 nitrogen and oxygen atoms in total. The van der Waals surface area contributed by atoms with Crippen molar-refractivity contribution in [3.05, 3.63) is 66.7 Å². The Morgan fingerprint density at radius 1 is 1.18 bits per heavy atom. The molecule has 166 valence electrons. The molecule has 33 heavy (non-hydrogen) atoms. The molecule has 1 aromatic carbocycles. The van der Waals surface area contributed by atoms with Gasteiger partial charge in [-0.05, 0) is 31.0 Å². The molecule has 5 aromatic rings. The van der Waals surface area contributed by atoms with Gasteiger partial charge in [0.05, 0.1) is 12.8 Å². The number of ether oxygens (including phenoxy) is 1. The van der Waals surface area contributed by atoms with Crippen molar-refractivity contribution in [2.24, 2.45) is 0 Å². The molecule has 1 atom stereocenters. The molecule has 0 bridgehead atoms. The van der Waals surface area contributed by atoms with Crippen LogP contribution in [-0.4, -0.2) is 49.8 Å². The first-order valence-corrected chi connectivity index (χ1v) is 10.9. The van der Waals surface area contributed by atoms with Crippen molar-refractivity contribution in [3.8, 4) is 17.3 Å². The molecule has 1 fully saturated rings. The number of para-hydroxylation sites is 1. The molecule has 1 aliphatic heterocycles. The second-order valence-electron chi connectivity index (χ2n) is 8.05. The van der Waals surface area contributed by atoms with Gasteiger partial charge >= 0.3 is 0 Å². The molecule has 9 heteroatoms. The zero-order chi connectivity index (χ0) is 22.2. The SMILES string of the molecule is O=C(c1ccon1)N1CCC[C@H]1CCOc1ccc2ncc(-c3cc4ccccc4o3)n2n1. The molecule has 0 spiro atoms. The van der Waals surface area contributed by atoms with Crippen LogP contribution in [0.1, 0.15) is 29.8 Å². The van der Waals surface area contributed by atoms with Gasteiger partial charge in [0.25, 0.3) is 5.91 Å². The number of carbonyl (C=O) groups excluding carboxylic acids is 1. The van der Waals surface area contributed by atoms with E-state index in [1.54, 1.807) is 22.8 Å². The molecular weight excluding hydrogens is 422 g/mol. The number of benzene rings is 1. The summed E-state index contributed by atoms with van der Waals surface area (Å²) in [5, 5.41) is 9.40. The van der Waals surface area contributed by atoms with Crippen LogP contribution >= 0.6 is 0 Å². The summed E-state index contributed by atoms with van der Waals surface area (Å²) in [6, 6.07) is 15.2. The molecule has 1 aliphatic rings. The number of rotatable bonds is 6. The van der Waals surface area contributed by atoms with Crippen LogP contribution in [0.3, 0.4) is 0 Å². The molecule has 0 saturated carbocycles. The van der Waals surface area contributed by atoms with Crippen molar-refractivity contribution in [3.63, 3.8) is 0 Å². The van der Waals surface area contributed by atoms with Crippen molar-refractivity contribution in [2.45, 2.75) is 25.3 Å². The summed E-state index contributed by atoms with van der Waals surface area (Å²) in [4.78, 5) is 18.9. The van der Waals surface area contributed by atoms with Crippen molar-refractivity contribution in [1.82, 2.24) is 24.7 Å². The van der Waals surface area contributed by atoms with Crippen molar-refractivity contribution in [2.75, 3.05) is 13.2 Å². The van der Waals surface area contributed by atoms with Crippen LogP contribution in [0.2, 0.25) is 0 Å². The van der Waals surface area contributed by atoms with Gasteiger partial charge < -0.3 is 18.6 Å². The quantitative estimate of drug-likeness (QED) is 0.388. The van der Waals surface area contributed by atoms with E-state index in [0.717, 1.165) is 36.0 Å². The summed E-state index contributed by atoms with van der Waals surface area (Å²) in [5.41, 5.74) is 2.62. The molecular formula is C24H21N5O4. The lowest BCUT2D eigenvalue weighted by molar-refractivity contribution is 0.0708. The van der Waals surface area contributed by atoms with Gasteiger partial charge in [-0.2, -0.15) is 0 Å². The van der Waals surface area contributed by atoms with Gasteiger partial charge in [-0.25, -0.2) is 9.50 Å². The predicted molar refractivity (Wildman–Crippen MR) is 119 cm³/mol. The summed E-state index contributed by atoms with van der Waals surface area (Å²) < 4.78 is 18.5. The van der Waals surface area contributed by atoms with E-state index in [2.05, 4.69) is 15.2 Å². The fourth-order valence-corrected chi connectivity index (χ4v) is 4.38. The average molecular weight is 443 g/mol. The van der Waals surface area contributed by atoms with E-state index in [4.69, 9.17) is 13.7 Å². The van der Waals surface area contributed by atoms with Crippen LogP contribution in [0, 0.1) is 0 Å². The van der Waals surface area contributed by atoms with E-state index in [0.29, 0.717) is 36.0 Å². The van der Waals surface area contributed by atoms with Crippen molar-refractivity contribution < 1.29 is 18.5 Å². The Hall–Kier alpha value is -4.14. The van der Waals surface area contributed by atoms with Gasteiger partial charge in [-0.15, -0.1) is 5.10 Å². The Morgan fingerprint density at radius 3 is 3.00 bits per heavy atom. The first-order chi connectivity index (χ1) is 16.3. The number of furan rings is 1. The molecule has 0 N–H and O–H groups in total. The van der Waals surface area contributed by atoms with Crippen LogP contribution in [0.4, 0.5) is 0 Å². The van der Waals surface area contributed by atoms with Gasteiger partial charge in [0.1, 0.15) is 17.5 Å². The number of nitrogens with zero attached hydrogens (tertiary/aromatic N) is 5. The minimum Gasteiger partial charge on any atom is -0.477 e. The summed E-state index contributed by atoms with van der Waals surface area (Å²) in [5.74, 6) is 1.09. The third kappa shape index (κ3) is 3.61. The molecule has 0 radical (unpaired) electrons. The number of hydrogen-bond acceptors (Lipinski definition) is 7. The maximum atomic E-state index is 12.6. The first-order valence-electron chi connectivity index (χ1n) is 10.9. The average Bonchev–Trinajstić information content (AvgIpc) is 3.64. The smallest absolute Gasteiger partial charge is 0.276 e. The Kier molecular flexibility index (Phi) is 4.79. The van der Waals surface area contributed by atoms with Gasteiger partial charge in [0.15, 0.2) is 17.1 Å². The standard InChI is InChI=1S/C24H21N5O4/c30-24(18-10-13-32-27-18)28-11-3-5-17(28)9-12-31-23-8-7-22-25-15-19(29(22)26-23)21-14-16-4-1-2-6-20(16)33-21/h1-2,4,6-8,10,13-15,17H,3,5,9,11-12H2/t17-/m0/s1. The number of fused-ring (bicyclic) bond motifs is 2. The molecule has 5 heterocycles. The van der Waals surface area contributed by atoms with Crippen molar-refractivity contribution in [1.29, 1.82) is 0 Å². The fourth-order valence-electron chi connectivity index (χ4n) is 4.38. The molecule has 1 saturated heterocycles. The molecule has 0 unspecified atom stereocenters. The van der Waals surface area contributed by atoms with E-state index in [1.807, 2.05) is 41.3 Å². The van der Waals surface area contributed by atoms with Crippen LogP contribution < -0.4 is 4.74 Å². The van der Waals surface area contributed by atoms with Crippen LogP contribution in [0.15, 0.2) is 69.9 Å². The number of aromatic nitrogens is 4. The number of carbonyl (C=O) groups is 1. The van der Waals surface area contributed by atoms with E-state index >= 15 is 0 Å². The Labute approximate surface area is 188 Å². The summed E-state index contributed by atoms with van der Waals surface area (Å²) in [7, 11) is 0. The maximum absolute atomic E-state index is 12.6. The molecule has 1 amide bonds. The van der Waals surface area contributed by atoms with Crippen LogP contribution in [0.5, 0.6) is 5.88 Å². The lowest BCUT2D eigenvalue weighted by atomic mass is 10.1. The molecule has 0 aliphatic carbocycles. The fraction of sp³-hybridized carbons (Fsp3) is 0.250. The lowest BCUT2D eigenvalue weighted by Gasteiger charge is -2.23. The van der Waals surface area contributed by atoms with E-state index in [-0.39, 0.29) is 11.9 Å². The van der Waals surface area contributed by atoms with Crippen LogP contribution in [-0.2, 0) is 0 Å². The predicted octanol–water partition coefficient (Wildman–Crippen LogP) is 4.20. The van der Waals surface area contributed by atoms with E-state index in [9.17, 15) is 4.79 Å². The Morgan fingerprint density at radius 2 is 2.12 bits per heavy atom. The lowest BCUT2D eigenvalue weighted by Crippen LogP contribution is -2.36. The van der Waals surface area contributed by atoms with Gasteiger partial charge in [-0.1, -0.05) is 23.4 Å². The third-order valence-corrected chi connectivity index (χ3v) is 6.01.